The number of nitrogens with one attached hydrogen (secondary N) is 1. The summed E-state index contributed by atoms with van der Waals surface area (Å²) in [5.41, 5.74) is 0.971. The maximum atomic E-state index is 12.3. The number of hydrogen-bond donors (Lipinski definition) is 1. The van der Waals surface area contributed by atoms with Gasteiger partial charge >= 0.3 is 0 Å². The predicted octanol–water partition coefficient (Wildman–Crippen LogP) is 2.44. The molecule has 0 radical (unpaired) electrons. The quantitative estimate of drug-likeness (QED) is 0.666. The zero-order valence-electron chi connectivity index (χ0n) is 11.8. The fourth-order valence-electron chi connectivity index (χ4n) is 2.34. The van der Waals surface area contributed by atoms with Gasteiger partial charge in [-0.2, -0.15) is 0 Å². The highest BCUT2D eigenvalue weighted by molar-refractivity contribution is 6.31. The van der Waals surface area contributed by atoms with Crippen LogP contribution in [0.25, 0.3) is 0 Å². The van der Waals surface area contributed by atoms with E-state index in [0.29, 0.717) is 24.7 Å². The zero-order valence-corrected chi connectivity index (χ0v) is 13.3. The molecule has 0 saturated carbocycles. The summed E-state index contributed by atoms with van der Waals surface area (Å²) in [5, 5.41) is 3.99. The first-order chi connectivity index (χ1) is 9.74. The molecule has 2 rings (SSSR count). The molecule has 1 atom stereocenters. The van der Waals surface area contributed by atoms with Crippen molar-refractivity contribution in [2.45, 2.75) is 6.04 Å². The standard InChI is InChI=1S/C15H19ClN2O2.ClH/c1-2-9-20-11-15(19)18-8-7-17-10-14(18)12-5-3-4-6-13(12)16;/h2-6,14,17H,1,7-11H2;1H. The maximum absolute atomic E-state index is 12.3. The van der Waals surface area contributed by atoms with Gasteiger partial charge in [0.05, 0.1) is 12.6 Å². The van der Waals surface area contributed by atoms with E-state index in [4.69, 9.17) is 16.3 Å². The van der Waals surface area contributed by atoms with E-state index in [9.17, 15) is 4.79 Å². The Bertz CT molecular complexity index is 482. The molecular formula is C15H20Cl2N2O2. The number of amides is 1. The third-order valence-electron chi connectivity index (χ3n) is 3.29. The number of rotatable bonds is 5. The zero-order chi connectivity index (χ0) is 14.4. The van der Waals surface area contributed by atoms with Crippen LogP contribution >= 0.6 is 24.0 Å². The summed E-state index contributed by atoms with van der Waals surface area (Å²) < 4.78 is 5.25. The van der Waals surface area contributed by atoms with Crippen molar-refractivity contribution >= 4 is 29.9 Å². The maximum Gasteiger partial charge on any atom is 0.249 e. The van der Waals surface area contributed by atoms with Crippen LogP contribution in [0.2, 0.25) is 5.02 Å². The van der Waals surface area contributed by atoms with Crippen molar-refractivity contribution in [3.8, 4) is 0 Å². The molecule has 21 heavy (non-hydrogen) atoms. The van der Waals surface area contributed by atoms with Crippen LogP contribution in [0.1, 0.15) is 11.6 Å². The van der Waals surface area contributed by atoms with Gasteiger partial charge in [0, 0.05) is 24.7 Å². The SMILES string of the molecule is C=CCOCC(=O)N1CCNCC1c1ccccc1Cl.Cl. The summed E-state index contributed by atoms with van der Waals surface area (Å²) in [6.45, 7) is 6.18. The molecule has 4 nitrogen and oxygen atoms in total. The van der Waals surface area contributed by atoms with Crippen LogP contribution in [-0.4, -0.2) is 43.7 Å². The van der Waals surface area contributed by atoms with Gasteiger partial charge in [0.1, 0.15) is 6.61 Å². The Kier molecular flexibility index (Phi) is 7.75. The van der Waals surface area contributed by atoms with Crippen LogP contribution in [0.15, 0.2) is 36.9 Å². The van der Waals surface area contributed by atoms with E-state index in [-0.39, 0.29) is 31.0 Å². The number of ether oxygens (including phenoxy) is 1. The largest absolute Gasteiger partial charge is 0.368 e. The first kappa shape index (κ1) is 18.0. The van der Waals surface area contributed by atoms with Crippen molar-refractivity contribution in [1.82, 2.24) is 10.2 Å². The van der Waals surface area contributed by atoms with Crippen molar-refractivity contribution in [1.29, 1.82) is 0 Å². The third-order valence-corrected chi connectivity index (χ3v) is 3.63. The number of nitrogens with zero attached hydrogens (tertiary/aromatic N) is 1. The molecule has 0 aliphatic carbocycles. The molecule has 1 unspecified atom stereocenters. The van der Waals surface area contributed by atoms with E-state index in [0.717, 1.165) is 12.1 Å². The fraction of sp³-hybridized carbons (Fsp3) is 0.400. The van der Waals surface area contributed by atoms with Crippen molar-refractivity contribution in [2.75, 3.05) is 32.8 Å². The summed E-state index contributed by atoms with van der Waals surface area (Å²) in [4.78, 5) is 14.1. The Morgan fingerprint density at radius 3 is 3.00 bits per heavy atom. The number of halogens is 2. The molecule has 1 saturated heterocycles. The van der Waals surface area contributed by atoms with Crippen LogP contribution in [0.4, 0.5) is 0 Å². The first-order valence-corrected chi connectivity index (χ1v) is 7.05. The molecule has 1 fully saturated rings. The summed E-state index contributed by atoms with van der Waals surface area (Å²) in [5.74, 6) is -0.0155. The van der Waals surface area contributed by atoms with Crippen molar-refractivity contribution in [3.63, 3.8) is 0 Å². The molecule has 1 aromatic rings. The predicted molar refractivity (Wildman–Crippen MR) is 87.0 cm³/mol. The Balaban J connectivity index is 0.00000220. The number of benzene rings is 1. The fourth-order valence-corrected chi connectivity index (χ4v) is 2.60. The van der Waals surface area contributed by atoms with Gasteiger partial charge in [0.2, 0.25) is 5.91 Å². The van der Waals surface area contributed by atoms with Gasteiger partial charge in [0.15, 0.2) is 0 Å². The first-order valence-electron chi connectivity index (χ1n) is 6.67. The van der Waals surface area contributed by atoms with Gasteiger partial charge < -0.3 is 15.0 Å². The monoisotopic (exact) mass is 330 g/mol. The van der Waals surface area contributed by atoms with Gasteiger partial charge in [-0.3, -0.25) is 4.79 Å². The highest BCUT2D eigenvalue weighted by atomic mass is 35.5. The number of hydrogen-bond acceptors (Lipinski definition) is 3. The lowest BCUT2D eigenvalue weighted by molar-refractivity contribution is -0.139. The molecule has 1 amide bonds. The van der Waals surface area contributed by atoms with Crippen LogP contribution in [-0.2, 0) is 9.53 Å². The minimum Gasteiger partial charge on any atom is -0.368 e. The highest BCUT2D eigenvalue weighted by Gasteiger charge is 2.28. The second kappa shape index (κ2) is 9.05. The van der Waals surface area contributed by atoms with Crippen LogP contribution in [0.5, 0.6) is 0 Å². The molecule has 6 heteroatoms. The normalized spacial score (nSPS) is 18.0. The molecule has 1 heterocycles. The van der Waals surface area contributed by atoms with Gasteiger partial charge in [0.25, 0.3) is 0 Å². The lowest BCUT2D eigenvalue weighted by Gasteiger charge is -2.36. The molecule has 1 aliphatic rings. The van der Waals surface area contributed by atoms with Crippen LogP contribution in [0.3, 0.4) is 0 Å². The Morgan fingerprint density at radius 1 is 1.52 bits per heavy atom. The van der Waals surface area contributed by atoms with E-state index in [1.165, 1.54) is 0 Å². The van der Waals surface area contributed by atoms with E-state index in [1.54, 1.807) is 6.08 Å². The molecular weight excluding hydrogens is 311 g/mol. The highest BCUT2D eigenvalue weighted by Crippen LogP contribution is 2.28. The number of carbonyl (C=O) groups excluding carboxylic acids is 1. The number of carbonyl (C=O) groups is 1. The van der Waals surface area contributed by atoms with E-state index < -0.39 is 0 Å². The second-order valence-corrected chi connectivity index (χ2v) is 5.04. The van der Waals surface area contributed by atoms with Gasteiger partial charge in [-0.15, -0.1) is 19.0 Å². The smallest absolute Gasteiger partial charge is 0.249 e. The molecule has 1 aliphatic heterocycles. The van der Waals surface area contributed by atoms with E-state index >= 15 is 0 Å². The lowest BCUT2D eigenvalue weighted by atomic mass is 10.0. The van der Waals surface area contributed by atoms with Crippen LogP contribution in [0, 0.1) is 0 Å². The topological polar surface area (TPSA) is 41.6 Å². The summed E-state index contributed by atoms with van der Waals surface area (Å²) in [7, 11) is 0. The molecule has 1 N–H and O–H groups in total. The number of piperazine rings is 1. The second-order valence-electron chi connectivity index (χ2n) is 4.63. The Hall–Kier alpha value is -1.07. The average Bonchev–Trinajstić information content (AvgIpc) is 2.48. The van der Waals surface area contributed by atoms with Gasteiger partial charge in [-0.1, -0.05) is 35.9 Å². The van der Waals surface area contributed by atoms with Crippen molar-refractivity contribution in [2.24, 2.45) is 0 Å². The van der Waals surface area contributed by atoms with Crippen molar-refractivity contribution < 1.29 is 9.53 Å². The van der Waals surface area contributed by atoms with Crippen LogP contribution < -0.4 is 5.32 Å². The van der Waals surface area contributed by atoms with Gasteiger partial charge in [-0.05, 0) is 11.6 Å². The summed E-state index contributed by atoms with van der Waals surface area (Å²) in [6, 6.07) is 7.60. The summed E-state index contributed by atoms with van der Waals surface area (Å²) in [6.07, 6.45) is 1.64. The molecule has 0 spiro atoms. The van der Waals surface area contributed by atoms with Crippen molar-refractivity contribution in [3.05, 3.63) is 47.5 Å². The van der Waals surface area contributed by atoms with E-state index in [1.807, 2.05) is 29.2 Å². The van der Waals surface area contributed by atoms with E-state index in [2.05, 4.69) is 11.9 Å². The minimum atomic E-state index is -0.0442. The average molecular weight is 331 g/mol. The molecule has 0 bridgehead atoms. The minimum absolute atomic E-state index is 0. The molecule has 1 aromatic carbocycles. The molecule has 0 aromatic heterocycles. The summed E-state index contributed by atoms with van der Waals surface area (Å²) >= 11 is 6.24. The lowest BCUT2D eigenvalue weighted by Crippen LogP contribution is -2.49. The Labute approximate surface area is 136 Å². The molecule has 116 valence electrons. The van der Waals surface area contributed by atoms with Gasteiger partial charge in [-0.25, -0.2) is 0 Å². The third kappa shape index (κ3) is 4.71. The Morgan fingerprint density at radius 2 is 2.29 bits per heavy atom.